The first-order valence-electron chi connectivity index (χ1n) is 10.0. The molecule has 0 unspecified atom stereocenters. The van der Waals surface area contributed by atoms with Crippen LogP contribution in [0.15, 0.2) is 60.7 Å². The number of carbonyl (C=O) groups excluding carboxylic acids is 1. The number of H-pyrrole nitrogens is 1. The van der Waals surface area contributed by atoms with E-state index in [9.17, 15) is 18.0 Å². The van der Waals surface area contributed by atoms with Crippen LogP contribution in [-0.4, -0.2) is 34.7 Å². The number of nitrogens with one attached hydrogen (secondary N) is 1. The van der Waals surface area contributed by atoms with Gasteiger partial charge in [0.15, 0.2) is 0 Å². The molecule has 1 aromatic heterocycles. The number of aromatic amines is 1. The molecule has 1 heterocycles. The summed E-state index contributed by atoms with van der Waals surface area (Å²) in [5.74, 6) is -3.10. The van der Waals surface area contributed by atoms with Gasteiger partial charge in [-0.3, -0.25) is 4.79 Å². The molecule has 0 atom stereocenters. The Morgan fingerprint density at radius 3 is 2.15 bits per heavy atom. The van der Waals surface area contributed by atoms with Gasteiger partial charge in [0.2, 0.25) is 5.91 Å². The van der Waals surface area contributed by atoms with Crippen molar-refractivity contribution >= 4 is 33.6 Å². The molecule has 0 bridgehead atoms. The van der Waals surface area contributed by atoms with Crippen LogP contribution in [0.4, 0.5) is 13.2 Å². The van der Waals surface area contributed by atoms with Crippen LogP contribution in [0.3, 0.4) is 0 Å². The van der Waals surface area contributed by atoms with Gasteiger partial charge in [0.05, 0.1) is 6.42 Å². The highest BCUT2D eigenvalue weighted by Crippen LogP contribution is 2.30. The molecule has 0 radical (unpaired) electrons. The van der Waals surface area contributed by atoms with Crippen molar-refractivity contribution in [2.75, 3.05) is 6.54 Å². The summed E-state index contributed by atoms with van der Waals surface area (Å²) >= 11 is 0. The van der Waals surface area contributed by atoms with Gasteiger partial charge in [-0.2, -0.15) is 13.2 Å². The molecule has 0 spiro atoms. The number of carboxylic acid groups (broad SMARTS) is 1. The molecule has 0 fully saturated rings. The Morgan fingerprint density at radius 1 is 0.939 bits per heavy atom. The molecule has 172 valence electrons. The number of benzene rings is 3. The molecule has 0 aliphatic carbocycles. The van der Waals surface area contributed by atoms with Crippen LogP contribution in [0.1, 0.15) is 11.3 Å². The maximum Gasteiger partial charge on any atom is 0.490 e. The third kappa shape index (κ3) is 5.69. The van der Waals surface area contributed by atoms with Crippen molar-refractivity contribution in [2.45, 2.75) is 19.0 Å². The van der Waals surface area contributed by atoms with E-state index in [4.69, 9.17) is 21.4 Å². The molecule has 3 aromatic carbocycles. The summed E-state index contributed by atoms with van der Waals surface area (Å²) in [6.07, 6.45) is -4.17. The van der Waals surface area contributed by atoms with Gasteiger partial charge >= 0.3 is 12.1 Å². The fraction of sp³-hybridized carbons (Fsp3) is 0.167. The van der Waals surface area contributed by atoms with Crippen molar-refractivity contribution in [2.24, 2.45) is 11.5 Å². The number of nitrogens with two attached hydrogens (primary N) is 2. The third-order valence-electron chi connectivity index (χ3n) is 5.07. The van der Waals surface area contributed by atoms with Gasteiger partial charge in [-0.15, -0.1) is 0 Å². The maximum absolute atomic E-state index is 11.4. The number of fused-ring (bicyclic) bond motifs is 2. The molecule has 6 N–H and O–H groups in total. The van der Waals surface area contributed by atoms with Gasteiger partial charge in [0.25, 0.3) is 0 Å². The SMILES string of the molecule is NCCc1c(CC(N)=O)[nH]c2ccc(-c3ccc4ccccc4c3)cc12.O=C(O)C(F)(F)F. The van der Waals surface area contributed by atoms with E-state index < -0.39 is 12.1 Å². The number of aromatic nitrogens is 1. The predicted octanol–water partition coefficient (Wildman–Crippen LogP) is 4.15. The van der Waals surface area contributed by atoms with E-state index in [1.54, 1.807) is 0 Å². The molecule has 0 saturated carbocycles. The van der Waals surface area contributed by atoms with Gasteiger partial charge in [-0.25, -0.2) is 4.79 Å². The van der Waals surface area contributed by atoms with Crippen LogP contribution in [0.5, 0.6) is 0 Å². The number of hydrogen-bond donors (Lipinski definition) is 4. The third-order valence-corrected chi connectivity index (χ3v) is 5.07. The molecule has 0 saturated heterocycles. The smallest absolute Gasteiger partial charge is 0.475 e. The van der Waals surface area contributed by atoms with E-state index in [-0.39, 0.29) is 12.3 Å². The highest BCUT2D eigenvalue weighted by Gasteiger charge is 2.38. The average Bonchev–Trinajstić information content (AvgIpc) is 3.09. The summed E-state index contributed by atoms with van der Waals surface area (Å²) in [7, 11) is 0. The van der Waals surface area contributed by atoms with Gasteiger partial charge in [0, 0.05) is 16.6 Å². The number of primary amides is 1. The van der Waals surface area contributed by atoms with E-state index in [1.807, 2.05) is 6.07 Å². The number of amides is 1. The Bertz CT molecular complexity index is 1310. The lowest BCUT2D eigenvalue weighted by Gasteiger charge is -2.06. The fourth-order valence-electron chi connectivity index (χ4n) is 3.61. The maximum atomic E-state index is 11.4. The molecule has 4 aromatic rings. The van der Waals surface area contributed by atoms with Crippen molar-refractivity contribution < 1.29 is 27.9 Å². The molecular weight excluding hydrogens is 435 g/mol. The molecular formula is C24H22F3N3O3. The van der Waals surface area contributed by atoms with Crippen LogP contribution >= 0.6 is 0 Å². The number of alkyl halides is 3. The summed E-state index contributed by atoms with van der Waals surface area (Å²) in [6, 6.07) is 21.2. The zero-order valence-electron chi connectivity index (χ0n) is 17.4. The predicted molar refractivity (Wildman–Crippen MR) is 121 cm³/mol. The first-order valence-corrected chi connectivity index (χ1v) is 10.0. The van der Waals surface area contributed by atoms with E-state index in [1.165, 1.54) is 16.3 Å². The highest BCUT2D eigenvalue weighted by atomic mass is 19.4. The number of aliphatic carboxylic acids is 1. The summed E-state index contributed by atoms with van der Waals surface area (Å²) in [6.45, 7) is 0.527. The molecule has 0 aliphatic rings. The van der Waals surface area contributed by atoms with Gasteiger partial charge < -0.3 is 21.6 Å². The first kappa shape index (κ1) is 23.8. The quantitative estimate of drug-likeness (QED) is 0.360. The van der Waals surface area contributed by atoms with Crippen molar-refractivity contribution in [1.29, 1.82) is 0 Å². The monoisotopic (exact) mass is 457 g/mol. The Hall–Kier alpha value is -3.85. The second kappa shape index (κ2) is 9.74. The van der Waals surface area contributed by atoms with Crippen LogP contribution in [-0.2, 0) is 22.4 Å². The topological polar surface area (TPSA) is 122 Å². The zero-order chi connectivity index (χ0) is 24.2. The number of hydrogen-bond acceptors (Lipinski definition) is 3. The van der Waals surface area contributed by atoms with E-state index >= 15 is 0 Å². The minimum Gasteiger partial charge on any atom is -0.475 e. The molecule has 9 heteroatoms. The lowest BCUT2D eigenvalue weighted by molar-refractivity contribution is -0.192. The summed E-state index contributed by atoms with van der Waals surface area (Å²) in [4.78, 5) is 23.6. The summed E-state index contributed by atoms with van der Waals surface area (Å²) < 4.78 is 31.7. The largest absolute Gasteiger partial charge is 0.490 e. The lowest BCUT2D eigenvalue weighted by Crippen LogP contribution is -2.21. The van der Waals surface area contributed by atoms with E-state index in [2.05, 4.69) is 59.6 Å². The number of rotatable bonds is 5. The van der Waals surface area contributed by atoms with Crippen molar-refractivity contribution in [3.05, 3.63) is 71.9 Å². The molecule has 33 heavy (non-hydrogen) atoms. The number of halogens is 3. The van der Waals surface area contributed by atoms with E-state index in [0.29, 0.717) is 13.0 Å². The van der Waals surface area contributed by atoms with Gasteiger partial charge in [0.1, 0.15) is 0 Å². The summed E-state index contributed by atoms with van der Waals surface area (Å²) in [5, 5.41) is 10.7. The second-order valence-electron chi connectivity index (χ2n) is 7.39. The normalized spacial score (nSPS) is 11.3. The number of carbonyl (C=O) groups is 2. The van der Waals surface area contributed by atoms with E-state index in [0.717, 1.165) is 27.7 Å². The fourth-order valence-corrected chi connectivity index (χ4v) is 3.61. The molecule has 0 aliphatic heterocycles. The highest BCUT2D eigenvalue weighted by molar-refractivity contribution is 5.93. The van der Waals surface area contributed by atoms with Crippen molar-refractivity contribution in [3.63, 3.8) is 0 Å². The molecule has 6 nitrogen and oxygen atoms in total. The van der Waals surface area contributed by atoms with Crippen LogP contribution in [0.25, 0.3) is 32.8 Å². The van der Waals surface area contributed by atoms with Crippen LogP contribution in [0.2, 0.25) is 0 Å². The minimum atomic E-state index is -5.08. The number of carboxylic acids is 1. The summed E-state index contributed by atoms with van der Waals surface area (Å²) in [5.41, 5.74) is 16.5. The first-order chi connectivity index (χ1) is 15.6. The average molecular weight is 457 g/mol. The van der Waals surface area contributed by atoms with Gasteiger partial charge in [-0.05, 0) is 58.6 Å². The van der Waals surface area contributed by atoms with Crippen LogP contribution in [0, 0.1) is 0 Å². The Balaban J connectivity index is 0.000000383. The zero-order valence-corrected chi connectivity index (χ0v) is 17.4. The van der Waals surface area contributed by atoms with Crippen molar-refractivity contribution in [1.82, 2.24) is 4.98 Å². The Labute approximate surface area is 187 Å². The Morgan fingerprint density at radius 2 is 1.55 bits per heavy atom. The second-order valence-corrected chi connectivity index (χ2v) is 7.39. The van der Waals surface area contributed by atoms with Crippen molar-refractivity contribution in [3.8, 4) is 11.1 Å². The lowest BCUT2D eigenvalue weighted by atomic mass is 9.98. The molecule has 4 rings (SSSR count). The van der Waals surface area contributed by atoms with Gasteiger partial charge in [-0.1, -0.05) is 42.5 Å². The minimum absolute atomic E-state index is 0.204. The Kier molecular flexibility index (Phi) is 7.03. The molecule has 1 amide bonds. The van der Waals surface area contributed by atoms with Crippen LogP contribution < -0.4 is 11.5 Å². The standard InChI is InChI=1S/C22H21N3O.C2HF3O2/c23-10-9-18-19-12-17(7-8-20(19)25-21(18)13-22(24)26)16-6-5-14-3-1-2-4-15(14)11-16;3-2(4,5)1(6)7/h1-8,11-12,25H,9-10,13,23H2,(H2,24,26);(H,6,7).